The molecule has 2 fully saturated rings. The van der Waals surface area contributed by atoms with Crippen LogP contribution in [0.25, 0.3) is 0 Å². The maximum atomic E-state index is 14.6. The van der Waals surface area contributed by atoms with Gasteiger partial charge in [-0.25, -0.2) is 8.78 Å². The second-order valence-electron chi connectivity index (χ2n) is 8.58. The van der Waals surface area contributed by atoms with E-state index in [9.17, 15) is 13.9 Å². The van der Waals surface area contributed by atoms with Crippen molar-refractivity contribution >= 4 is 0 Å². The fraction of sp³-hybridized carbons (Fsp3) is 0.739. The topological polar surface area (TPSA) is 20.2 Å². The first-order valence-electron chi connectivity index (χ1n) is 10.7. The van der Waals surface area contributed by atoms with Gasteiger partial charge >= 0.3 is 0 Å². The lowest BCUT2D eigenvalue weighted by Gasteiger charge is -2.37. The van der Waals surface area contributed by atoms with E-state index in [-0.39, 0.29) is 12.0 Å². The third kappa shape index (κ3) is 4.65. The van der Waals surface area contributed by atoms with E-state index >= 15 is 0 Å². The summed E-state index contributed by atoms with van der Waals surface area (Å²) in [5.74, 6) is 0.395. The molecule has 3 heteroatoms. The van der Waals surface area contributed by atoms with E-state index in [0.717, 1.165) is 76.5 Å². The molecule has 0 aliphatic heterocycles. The van der Waals surface area contributed by atoms with Crippen molar-refractivity contribution in [3.05, 3.63) is 34.9 Å². The van der Waals surface area contributed by atoms with Gasteiger partial charge in [-0.05, 0) is 93.1 Å². The molecule has 3 rings (SSSR count). The first-order chi connectivity index (χ1) is 12.6. The van der Waals surface area contributed by atoms with Gasteiger partial charge in [-0.3, -0.25) is 0 Å². The Morgan fingerprint density at radius 2 is 1.46 bits per heavy atom. The van der Waals surface area contributed by atoms with E-state index in [0.29, 0.717) is 23.5 Å². The molecule has 1 aromatic carbocycles. The fourth-order valence-corrected chi connectivity index (χ4v) is 5.15. The zero-order valence-corrected chi connectivity index (χ0v) is 16.2. The Kier molecular flexibility index (Phi) is 7.08. The van der Waals surface area contributed by atoms with Crippen LogP contribution in [0.5, 0.6) is 0 Å². The van der Waals surface area contributed by atoms with Crippen LogP contribution in [0.4, 0.5) is 8.78 Å². The number of aliphatic hydroxyl groups is 1. The minimum Gasteiger partial charge on any atom is -0.393 e. The summed E-state index contributed by atoms with van der Waals surface area (Å²) in [6.45, 7) is 2.12. The van der Waals surface area contributed by atoms with E-state index in [2.05, 4.69) is 6.92 Å². The number of hydrogen-bond donors (Lipinski definition) is 1. The van der Waals surface area contributed by atoms with Crippen LogP contribution in [0.15, 0.2) is 12.1 Å². The molecule has 0 aromatic heterocycles. The predicted molar refractivity (Wildman–Crippen MR) is 102 cm³/mol. The van der Waals surface area contributed by atoms with Gasteiger partial charge in [-0.15, -0.1) is 0 Å². The van der Waals surface area contributed by atoms with Crippen molar-refractivity contribution in [2.75, 3.05) is 0 Å². The standard InChI is InChI=1S/C23H34F2O/c1-2-3-4-5-19-12-15-21(23(25)22(19)24)18-8-6-16(7-9-18)17-10-13-20(26)14-11-17/h12,15-18,20,26H,2-11,13-14H2,1H3. The molecule has 0 atom stereocenters. The molecule has 0 saturated heterocycles. The van der Waals surface area contributed by atoms with E-state index in [1.165, 1.54) is 0 Å². The second-order valence-corrected chi connectivity index (χ2v) is 8.58. The lowest BCUT2D eigenvalue weighted by atomic mass is 9.69. The maximum absolute atomic E-state index is 14.6. The summed E-state index contributed by atoms with van der Waals surface area (Å²) in [5, 5.41) is 9.69. The third-order valence-electron chi connectivity index (χ3n) is 6.86. The summed E-state index contributed by atoms with van der Waals surface area (Å²) in [6, 6.07) is 3.67. The van der Waals surface area contributed by atoms with Crippen LogP contribution in [0, 0.1) is 23.5 Å². The SMILES string of the molecule is CCCCCc1ccc(C2CCC(C3CCC(O)CC3)CC2)c(F)c1F. The lowest BCUT2D eigenvalue weighted by Crippen LogP contribution is -2.27. The molecular weight excluding hydrogens is 330 g/mol. The van der Waals surface area contributed by atoms with Crippen LogP contribution in [-0.4, -0.2) is 11.2 Å². The van der Waals surface area contributed by atoms with Crippen molar-refractivity contribution in [1.82, 2.24) is 0 Å². The van der Waals surface area contributed by atoms with Gasteiger partial charge in [0.1, 0.15) is 0 Å². The number of aryl methyl sites for hydroxylation is 1. The summed E-state index contributed by atoms with van der Waals surface area (Å²) in [7, 11) is 0. The molecule has 0 radical (unpaired) electrons. The molecule has 2 aliphatic carbocycles. The molecule has 2 saturated carbocycles. The van der Waals surface area contributed by atoms with E-state index in [1.807, 2.05) is 12.1 Å². The van der Waals surface area contributed by atoms with Gasteiger partial charge in [0.05, 0.1) is 6.10 Å². The quantitative estimate of drug-likeness (QED) is 0.570. The Balaban J connectivity index is 1.58. The number of aliphatic hydroxyl groups excluding tert-OH is 1. The van der Waals surface area contributed by atoms with Crippen molar-refractivity contribution in [2.45, 2.75) is 96.0 Å². The Labute approximate surface area is 157 Å². The highest BCUT2D eigenvalue weighted by Crippen LogP contribution is 2.43. The zero-order valence-electron chi connectivity index (χ0n) is 16.2. The molecule has 0 amide bonds. The van der Waals surface area contributed by atoms with Gasteiger partial charge in [-0.1, -0.05) is 31.9 Å². The highest BCUT2D eigenvalue weighted by molar-refractivity contribution is 5.29. The summed E-state index contributed by atoms with van der Waals surface area (Å²) in [5.41, 5.74) is 1.13. The average Bonchev–Trinajstić information content (AvgIpc) is 2.66. The zero-order chi connectivity index (χ0) is 18.5. The number of benzene rings is 1. The number of rotatable bonds is 6. The highest BCUT2D eigenvalue weighted by Gasteiger charge is 2.32. The Morgan fingerprint density at radius 3 is 2.08 bits per heavy atom. The molecule has 0 spiro atoms. The minimum absolute atomic E-state index is 0.101. The van der Waals surface area contributed by atoms with E-state index in [4.69, 9.17) is 0 Å². The van der Waals surface area contributed by atoms with Gasteiger partial charge in [0, 0.05) is 0 Å². The molecular formula is C23H34F2O. The Hall–Kier alpha value is -0.960. The average molecular weight is 365 g/mol. The Bertz CT molecular complexity index is 570. The molecule has 1 N–H and O–H groups in total. The van der Waals surface area contributed by atoms with Crippen molar-refractivity contribution in [1.29, 1.82) is 0 Å². The molecule has 1 aromatic rings. The molecule has 0 unspecified atom stereocenters. The van der Waals surface area contributed by atoms with Gasteiger partial charge in [0.2, 0.25) is 0 Å². The lowest BCUT2D eigenvalue weighted by molar-refractivity contribution is 0.0803. The number of unbranched alkanes of at least 4 members (excludes halogenated alkanes) is 2. The first kappa shape index (κ1) is 19.8. The van der Waals surface area contributed by atoms with Gasteiger partial charge in [0.25, 0.3) is 0 Å². The third-order valence-corrected chi connectivity index (χ3v) is 6.86. The van der Waals surface area contributed by atoms with Crippen molar-refractivity contribution < 1.29 is 13.9 Å². The van der Waals surface area contributed by atoms with Crippen molar-refractivity contribution in [3.63, 3.8) is 0 Å². The second kappa shape index (κ2) is 9.30. The normalized spacial score (nSPS) is 29.7. The molecule has 0 bridgehead atoms. The number of halogens is 2. The van der Waals surface area contributed by atoms with Crippen LogP contribution in [0.2, 0.25) is 0 Å². The smallest absolute Gasteiger partial charge is 0.162 e. The van der Waals surface area contributed by atoms with Gasteiger partial charge in [0.15, 0.2) is 11.6 Å². The summed E-state index contributed by atoms with van der Waals surface area (Å²) >= 11 is 0. The van der Waals surface area contributed by atoms with Crippen LogP contribution in [-0.2, 0) is 6.42 Å². The van der Waals surface area contributed by atoms with Crippen LogP contribution in [0.3, 0.4) is 0 Å². The highest BCUT2D eigenvalue weighted by atomic mass is 19.2. The number of hydrogen-bond acceptors (Lipinski definition) is 1. The molecule has 2 aliphatic rings. The van der Waals surface area contributed by atoms with Crippen molar-refractivity contribution in [3.8, 4) is 0 Å². The monoisotopic (exact) mass is 364 g/mol. The molecule has 146 valence electrons. The van der Waals surface area contributed by atoms with E-state index in [1.54, 1.807) is 0 Å². The molecule has 1 nitrogen and oxygen atoms in total. The summed E-state index contributed by atoms with van der Waals surface area (Å²) in [4.78, 5) is 0. The van der Waals surface area contributed by atoms with Crippen LogP contribution < -0.4 is 0 Å². The maximum Gasteiger partial charge on any atom is 0.162 e. The predicted octanol–water partition coefficient (Wildman–Crippen LogP) is 6.52. The largest absolute Gasteiger partial charge is 0.393 e. The van der Waals surface area contributed by atoms with Crippen LogP contribution >= 0.6 is 0 Å². The van der Waals surface area contributed by atoms with Gasteiger partial charge < -0.3 is 5.11 Å². The summed E-state index contributed by atoms with van der Waals surface area (Å²) < 4.78 is 29.1. The Morgan fingerprint density at radius 1 is 0.846 bits per heavy atom. The molecule has 26 heavy (non-hydrogen) atoms. The molecule has 0 heterocycles. The van der Waals surface area contributed by atoms with Crippen LogP contribution in [0.1, 0.15) is 94.6 Å². The van der Waals surface area contributed by atoms with Crippen molar-refractivity contribution in [2.24, 2.45) is 11.8 Å². The minimum atomic E-state index is -0.609. The van der Waals surface area contributed by atoms with E-state index < -0.39 is 11.6 Å². The first-order valence-corrected chi connectivity index (χ1v) is 10.7. The summed E-state index contributed by atoms with van der Waals surface area (Å²) in [6.07, 6.45) is 11.9. The fourth-order valence-electron chi connectivity index (χ4n) is 5.15. The van der Waals surface area contributed by atoms with Gasteiger partial charge in [-0.2, -0.15) is 0 Å².